The molecule has 1 atom stereocenters. The highest BCUT2D eigenvalue weighted by Crippen LogP contribution is 2.10. The molecule has 0 radical (unpaired) electrons. The van der Waals surface area contributed by atoms with Crippen molar-refractivity contribution in [3.05, 3.63) is 54.4 Å². The van der Waals surface area contributed by atoms with Crippen molar-refractivity contribution in [3.63, 3.8) is 0 Å². The molecule has 1 heterocycles. The normalized spacial score (nSPS) is 12.6. The van der Waals surface area contributed by atoms with Gasteiger partial charge in [-0.2, -0.15) is 5.10 Å². The summed E-state index contributed by atoms with van der Waals surface area (Å²) in [6, 6.07) is 12.8. The number of rotatable bonds is 5. The number of benzene rings is 1. The highest BCUT2D eigenvalue weighted by atomic mass is 15.3. The average molecular weight is 215 g/mol. The smallest absolute Gasteiger partial charge is 0.0534 e. The third-order valence-electron chi connectivity index (χ3n) is 2.65. The molecule has 0 aliphatic carbocycles. The zero-order chi connectivity index (χ0) is 11.2. The molecule has 3 nitrogen and oxygen atoms in total. The van der Waals surface area contributed by atoms with E-state index in [1.807, 2.05) is 23.0 Å². The summed E-state index contributed by atoms with van der Waals surface area (Å²) < 4.78 is 1.94. The standard InChI is InChI=1S/C13H17N3/c1-12(13-6-3-2-4-7-13)14-9-11-16-10-5-8-15-16/h2-8,10,12,14H,9,11H2,1H3/t12-/m0/s1. The van der Waals surface area contributed by atoms with Gasteiger partial charge in [0.2, 0.25) is 0 Å². The Morgan fingerprint density at radius 1 is 1.25 bits per heavy atom. The quantitative estimate of drug-likeness (QED) is 0.829. The van der Waals surface area contributed by atoms with Gasteiger partial charge in [-0.25, -0.2) is 0 Å². The zero-order valence-corrected chi connectivity index (χ0v) is 9.50. The van der Waals surface area contributed by atoms with Crippen LogP contribution in [0.15, 0.2) is 48.8 Å². The number of nitrogens with zero attached hydrogens (tertiary/aromatic N) is 2. The number of hydrogen-bond acceptors (Lipinski definition) is 2. The summed E-state index contributed by atoms with van der Waals surface area (Å²) >= 11 is 0. The van der Waals surface area contributed by atoms with Crippen molar-refractivity contribution in [2.45, 2.75) is 19.5 Å². The first-order valence-electron chi connectivity index (χ1n) is 5.62. The average Bonchev–Trinajstić information content (AvgIpc) is 2.83. The molecular formula is C13H17N3. The van der Waals surface area contributed by atoms with Crippen LogP contribution >= 0.6 is 0 Å². The van der Waals surface area contributed by atoms with Crippen molar-refractivity contribution in [2.75, 3.05) is 6.54 Å². The third-order valence-corrected chi connectivity index (χ3v) is 2.65. The molecule has 3 heteroatoms. The van der Waals surface area contributed by atoms with Crippen LogP contribution in [0.3, 0.4) is 0 Å². The molecule has 0 saturated carbocycles. The van der Waals surface area contributed by atoms with E-state index in [4.69, 9.17) is 0 Å². The molecular weight excluding hydrogens is 198 g/mol. The molecule has 0 saturated heterocycles. The lowest BCUT2D eigenvalue weighted by Gasteiger charge is -2.13. The zero-order valence-electron chi connectivity index (χ0n) is 9.50. The maximum atomic E-state index is 4.16. The molecule has 0 aliphatic heterocycles. The van der Waals surface area contributed by atoms with Crippen LogP contribution in [0.25, 0.3) is 0 Å². The summed E-state index contributed by atoms with van der Waals surface area (Å²) in [5, 5.41) is 7.64. The Labute approximate surface area is 96.1 Å². The lowest BCUT2D eigenvalue weighted by atomic mass is 10.1. The van der Waals surface area contributed by atoms with Gasteiger partial charge in [-0.15, -0.1) is 0 Å². The number of aromatic nitrogens is 2. The molecule has 2 rings (SSSR count). The maximum Gasteiger partial charge on any atom is 0.0534 e. The van der Waals surface area contributed by atoms with E-state index in [1.165, 1.54) is 5.56 Å². The van der Waals surface area contributed by atoms with Crippen LogP contribution < -0.4 is 5.32 Å². The highest BCUT2D eigenvalue weighted by Gasteiger charge is 2.02. The molecule has 0 bridgehead atoms. The predicted molar refractivity (Wildman–Crippen MR) is 65.1 cm³/mol. The molecule has 1 N–H and O–H groups in total. The minimum atomic E-state index is 0.386. The van der Waals surface area contributed by atoms with Gasteiger partial charge in [0, 0.05) is 25.0 Å². The van der Waals surface area contributed by atoms with Crippen LogP contribution in [0.5, 0.6) is 0 Å². The van der Waals surface area contributed by atoms with Gasteiger partial charge >= 0.3 is 0 Å². The SMILES string of the molecule is C[C@H](NCCn1cccn1)c1ccccc1. The summed E-state index contributed by atoms with van der Waals surface area (Å²) in [6.45, 7) is 4.01. The van der Waals surface area contributed by atoms with Crippen molar-refractivity contribution >= 4 is 0 Å². The van der Waals surface area contributed by atoms with Crippen LogP contribution in [0.4, 0.5) is 0 Å². The first-order chi connectivity index (χ1) is 7.86. The van der Waals surface area contributed by atoms with Crippen LogP contribution in [-0.2, 0) is 6.54 Å². The van der Waals surface area contributed by atoms with E-state index in [1.54, 1.807) is 6.20 Å². The largest absolute Gasteiger partial charge is 0.308 e. The van der Waals surface area contributed by atoms with Crippen LogP contribution in [0, 0.1) is 0 Å². The number of nitrogens with one attached hydrogen (secondary N) is 1. The fraction of sp³-hybridized carbons (Fsp3) is 0.308. The molecule has 16 heavy (non-hydrogen) atoms. The second kappa shape index (κ2) is 5.47. The molecule has 0 unspecified atom stereocenters. The van der Waals surface area contributed by atoms with Crippen molar-refractivity contribution < 1.29 is 0 Å². The fourth-order valence-electron chi connectivity index (χ4n) is 1.69. The molecule has 0 aliphatic rings. The Morgan fingerprint density at radius 2 is 2.06 bits per heavy atom. The summed E-state index contributed by atoms with van der Waals surface area (Å²) in [5.74, 6) is 0. The second-order valence-corrected chi connectivity index (χ2v) is 3.86. The molecule has 0 fully saturated rings. The first-order valence-corrected chi connectivity index (χ1v) is 5.62. The van der Waals surface area contributed by atoms with Crippen molar-refractivity contribution in [1.29, 1.82) is 0 Å². The van der Waals surface area contributed by atoms with Gasteiger partial charge in [-0.05, 0) is 18.6 Å². The molecule has 2 aromatic rings. The molecule has 0 spiro atoms. The van der Waals surface area contributed by atoms with Crippen molar-refractivity contribution in [3.8, 4) is 0 Å². The minimum absolute atomic E-state index is 0.386. The molecule has 0 amide bonds. The summed E-state index contributed by atoms with van der Waals surface area (Å²) in [4.78, 5) is 0. The van der Waals surface area contributed by atoms with Crippen molar-refractivity contribution in [2.24, 2.45) is 0 Å². The second-order valence-electron chi connectivity index (χ2n) is 3.86. The molecule has 1 aromatic carbocycles. The van der Waals surface area contributed by atoms with Gasteiger partial charge < -0.3 is 5.32 Å². The monoisotopic (exact) mass is 215 g/mol. The van der Waals surface area contributed by atoms with E-state index >= 15 is 0 Å². The molecule has 84 valence electrons. The third kappa shape index (κ3) is 2.94. The predicted octanol–water partition coefficient (Wildman–Crippen LogP) is 2.23. The first kappa shape index (κ1) is 10.9. The van der Waals surface area contributed by atoms with E-state index < -0.39 is 0 Å². The van der Waals surface area contributed by atoms with Gasteiger partial charge in [0.1, 0.15) is 0 Å². The summed E-state index contributed by atoms with van der Waals surface area (Å²) in [5.41, 5.74) is 1.32. The van der Waals surface area contributed by atoms with Crippen LogP contribution in [-0.4, -0.2) is 16.3 Å². The van der Waals surface area contributed by atoms with E-state index in [9.17, 15) is 0 Å². The van der Waals surface area contributed by atoms with E-state index in [0.717, 1.165) is 13.1 Å². The Kier molecular flexibility index (Phi) is 3.72. The summed E-state index contributed by atoms with van der Waals surface area (Å²) in [6.07, 6.45) is 3.79. The summed E-state index contributed by atoms with van der Waals surface area (Å²) in [7, 11) is 0. The topological polar surface area (TPSA) is 29.9 Å². The van der Waals surface area contributed by atoms with Gasteiger partial charge in [0.25, 0.3) is 0 Å². The lowest BCUT2D eigenvalue weighted by molar-refractivity contribution is 0.507. The van der Waals surface area contributed by atoms with Gasteiger partial charge in [-0.3, -0.25) is 4.68 Å². The minimum Gasteiger partial charge on any atom is -0.308 e. The van der Waals surface area contributed by atoms with Crippen LogP contribution in [0.2, 0.25) is 0 Å². The van der Waals surface area contributed by atoms with Crippen molar-refractivity contribution in [1.82, 2.24) is 15.1 Å². The maximum absolute atomic E-state index is 4.16. The Bertz CT molecular complexity index is 394. The Balaban J connectivity index is 1.78. The van der Waals surface area contributed by atoms with E-state index in [0.29, 0.717) is 6.04 Å². The van der Waals surface area contributed by atoms with Gasteiger partial charge in [0.15, 0.2) is 0 Å². The number of hydrogen-bond donors (Lipinski definition) is 1. The van der Waals surface area contributed by atoms with Crippen LogP contribution in [0.1, 0.15) is 18.5 Å². The highest BCUT2D eigenvalue weighted by molar-refractivity contribution is 5.17. The Hall–Kier alpha value is -1.61. The van der Waals surface area contributed by atoms with Gasteiger partial charge in [0.05, 0.1) is 6.54 Å². The fourth-order valence-corrected chi connectivity index (χ4v) is 1.69. The van der Waals surface area contributed by atoms with E-state index in [-0.39, 0.29) is 0 Å². The van der Waals surface area contributed by atoms with Gasteiger partial charge in [-0.1, -0.05) is 30.3 Å². The van der Waals surface area contributed by atoms with E-state index in [2.05, 4.69) is 41.6 Å². The lowest BCUT2D eigenvalue weighted by Crippen LogP contribution is -2.23. The molecule has 1 aromatic heterocycles. The Morgan fingerprint density at radius 3 is 2.75 bits per heavy atom.